The summed E-state index contributed by atoms with van der Waals surface area (Å²) < 4.78 is 6.15. The number of nitrogens with one attached hydrogen (secondary N) is 1. The fourth-order valence-electron chi connectivity index (χ4n) is 4.32. The van der Waals surface area contributed by atoms with E-state index in [1.807, 2.05) is 73.7 Å². The topological polar surface area (TPSA) is 38.3 Å². The van der Waals surface area contributed by atoms with E-state index in [-0.39, 0.29) is 17.7 Å². The van der Waals surface area contributed by atoms with Crippen molar-refractivity contribution in [1.29, 1.82) is 0 Å². The van der Waals surface area contributed by atoms with Crippen molar-refractivity contribution in [2.75, 3.05) is 6.54 Å². The van der Waals surface area contributed by atoms with Crippen LogP contribution in [-0.4, -0.2) is 18.1 Å². The summed E-state index contributed by atoms with van der Waals surface area (Å²) in [6, 6.07) is 23.6. The highest BCUT2D eigenvalue weighted by Crippen LogP contribution is 2.35. The maximum atomic E-state index is 13.2. The number of ether oxygens (including phenoxy) is 1. The van der Waals surface area contributed by atoms with E-state index in [4.69, 9.17) is 27.9 Å². The van der Waals surface area contributed by atoms with E-state index in [0.29, 0.717) is 23.0 Å². The number of amides is 1. The summed E-state index contributed by atoms with van der Waals surface area (Å²) in [5, 5.41) is 4.58. The molecule has 0 bridgehead atoms. The molecule has 166 valence electrons. The van der Waals surface area contributed by atoms with Crippen molar-refractivity contribution in [3.63, 3.8) is 0 Å². The van der Waals surface area contributed by atoms with Crippen molar-refractivity contribution in [1.82, 2.24) is 5.32 Å². The lowest BCUT2D eigenvalue weighted by molar-refractivity contribution is -0.137. The van der Waals surface area contributed by atoms with Crippen LogP contribution in [0.4, 0.5) is 0 Å². The summed E-state index contributed by atoms with van der Waals surface area (Å²) in [5.41, 5.74) is 2.55. The van der Waals surface area contributed by atoms with Gasteiger partial charge in [-0.05, 0) is 66.3 Å². The Morgan fingerprint density at radius 1 is 0.969 bits per heavy atom. The first-order valence-electron chi connectivity index (χ1n) is 10.9. The Balaban J connectivity index is 1.53. The maximum absolute atomic E-state index is 13.2. The van der Waals surface area contributed by atoms with E-state index in [0.717, 1.165) is 28.9 Å². The van der Waals surface area contributed by atoms with Crippen LogP contribution in [-0.2, 0) is 11.2 Å². The normalized spacial score (nSPS) is 19.4. The van der Waals surface area contributed by atoms with Crippen molar-refractivity contribution >= 4 is 29.1 Å². The number of hydrogen-bond acceptors (Lipinski definition) is 2. The Bertz CT molecular complexity index is 1080. The van der Waals surface area contributed by atoms with E-state index in [2.05, 4.69) is 18.3 Å². The van der Waals surface area contributed by atoms with Gasteiger partial charge in [-0.15, -0.1) is 0 Å². The fraction of sp³-hybridized carbons (Fsp3) is 0.296. The van der Waals surface area contributed by atoms with E-state index < -0.39 is 5.60 Å². The fourth-order valence-corrected chi connectivity index (χ4v) is 4.57. The Hall–Kier alpha value is -2.49. The van der Waals surface area contributed by atoms with E-state index in [1.165, 1.54) is 0 Å². The number of aryl methyl sites for hydroxylation is 1. The molecule has 3 atom stereocenters. The van der Waals surface area contributed by atoms with E-state index in [1.54, 1.807) is 0 Å². The molecule has 0 saturated heterocycles. The number of fused-ring (bicyclic) bond motifs is 1. The SMILES string of the molecule is CC(c1ccc(Cl)cc1)C(CNC(=O)C1(C)CCc2ccccc2O1)c1ccc(Cl)cc1. The molecule has 1 heterocycles. The zero-order valence-electron chi connectivity index (χ0n) is 18.3. The molecule has 4 rings (SSSR count). The number of rotatable bonds is 6. The minimum Gasteiger partial charge on any atom is -0.477 e. The molecule has 1 aliphatic heterocycles. The van der Waals surface area contributed by atoms with E-state index in [9.17, 15) is 4.79 Å². The predicted octanol–water partition coefficient (Wildman–Crippen LogP) is 6.78. The van der Waals surface area contributed by atoms with Gasteiger partial charge in [0.2, 0.25) is 0 Å². The van der Waals surface area contributed by atoms with Crippen molar-refractivity contribution in [2.24, 2.45) is 0 Å². The van der Waals surface area contributed by atoms with Crippen molar-refractivity contribution in [3.05, 3.63) is 99.5 Å². The zero-order chi connectivity index (χ0) is 22.7. The van der Waals surface area contributed by atoms with Crippen LogP contribution in [0, 0.1) is 0 Å². The molecule has 0 saturated carbocycles. The molecule has 0 spiro atoms. The molecule has 1 aliphatic rings. The minimum absolute atomic E-state index is 0.0665. The third-order valence-electron chi connectivity index (χ3n) is 6.44. The molecule has 3 aromatic carbocycles. The maximum Gasteiger partial charge on any atom is 0.263 e. The summed E-state index contributed by atoms with van der Waals surface area (Å²) in [5.74, 6) is 0.931. The first-order valence-corrected chi connectivity index (χ1v) is 11.7. The van der Waals surface area contributed by atoms with Gasteiger partial charge in [-0.2, -0.15) is 0 Å². The Morgan fingerprint density at radius 2 is 1.56 bits per heavy atom. The molecule has 3 unspecified atom stereocenters. The molecule has 1 amide bonds. The van der Waals surface area contributed by atoms with Crippen LogP contribution in [0.15, 0.2) is 72.8 Å². The number of benzene rings is 3. The van der Waals surface area contributed by atoms with Gasteiger partial charge in [-0.25, -0.2) is 0 Å². The summed E-state index contributed by atoms with van der Waals surface area (Å²) in [4.78, 5) is 13.2. The van der Waals surface area contributed by atoms with Crippen LogP contribution >= 0.6 is 23.2 Å². The van der Waals surface area contributed by atoms with Gasteiger partial charge in [0.25, 0.3) is 5.91 Å². The molecule has 3 nitrogen and oxygen atoms in total. The van der Waals surface area contributed by atoms with Crippen LogP contribution in [0.2, 0.25) is 10.0 Å². The number of halogens is 2. The van der Waals surface area contributed by atoms with Crippen molar-refractivity contribution in [2.45, 2.75) is 44.1 Å². The zero-order valence-corrected chi connectivity index (χ0v) is 19.8. The third-order valence-corrected chi connectivity index (χ3v) is 6.94. The lowest BCUT2D eigenvalue weighted by Crippen LogP contribution is -2.51. The first kappa shape index (κ1) is 22.7. The summed E-state index contributed by atoms with van der Waals surface area (Å²) in [6.07, 6.45) is 1.47. The molecule has 0 fully saturated rings. The van der Waals surface area contributed by atoms with Crippen molar-refractivity contribution in [3.8, 4) is 5.75 Å². The van der Waals surface area contributed by atoms with Gasteiger partial charge in [0.05, 0.1) is 0 Å². The largest absolute Gasteiger partial charge is 0.477 e. The summed E-state index contributed by atoms with van der Waals surface area (Å²) in [7, 11) is 0. The second-order valence-electron chi connectivity index (χ2n) is 8.65. The predicted molar refractivity (Wildman–Crippen MR) is 131 cm³/mol. The molecule has 3 aromatic rings. The number of carbonyl (C=O) groups is 1. The Morgan fingerprint density at radius 3 is 2.22 bits per heavy atom. The van der Waals surface area contributed by atoms with Gasteiger partial charge in [-0.1, -0.05) is 72.6 Å². The molecular weight excluding hydrogens is 441 g/mol. The van der Waals surface area contributed by atoms with Gasteiger partial charge < -0.3 is 10.1 Å². The lowest BCUT2D eigenvalue weighted by atomic mass is 9.82. The number of para-hydroxylation sites is 1. The van der Waals surface area contributed by atoms with Gasteiger partial charge in [0.15, 0.2) is 5.60 Å². The van der Waals surface area contributed by atoms with Gasteiger partial charge in [0, 0.05) is 28.9 Å². The standard InChI is InChI=1S/C27H27Cl2NO2/c1-18(19-7-11-22(28)12-8-19)24(20-9-13-23(29)14-10-20)17-30-26(31)27(2)16-15-21-5-3-4-6-25(21)32-27/h3-14,18,24H,15-17H2,1-2H3,(H,30,31). The van der Waals surface area contributed by atoms with Crippen LogP contribution in [0.5, 0.6) is 5.75 Å². The van der Waals surface area contributed by atoms with Gasteiger partial charge in [-0.3, -0.25) is 4.79 Å². The smallest absolute Gasteiger partial charge is 0.263 e. The number of hydrogen-bond donors (Lipinski definition) is 1. The van der Waals surface area contributed by atoms with Gasteiger partial charge in [0.1, 0.15) is 5.75 Å². The molecule has 1 N–H and O–H groups in total. The van der Waals surface area contributed by atoms with Crippen LogP contribution in [0.3, 0.4) is 0 Å². The monoisotopic (exact) mass is 467 g/mol. The highest BCUT2D eigenvalue weighted by atomic mass is 35.5. The quantitative estimate of drug-likeness (QED) is 0.433. The molecule has 5 heteroatoms. The summed E-state index contributed by atoms with van der Waals surface area (Å²) in [6.45, 7) is 4.53. The van der Waals surface area contributed by atoms with E-state index >= 15 is 0 Å². The van der Waals surface area contributed by atoms with Crippen LogP contribution in [0.25, 0.3) is 0 Å². The highest BCUT2D eigenvalue weighted by Gasteiger charge is 2.39. The third kappa shape index (κ3) is 4.95. The minimum atomic E-state index is -0.886. The van der Waals surface area contributed by atoms with Crippen LogP contribution < -0.4 is 10.1 Å². The Kier molecular flexibility index (Phi) is 6.78. The second kappa shape index (κ2) is 9.56. The molecule has 0 radical (unpaired) electrons. The molecule has 32 heavy (non-hydrogen) atoms. The average Bonchev–Trinajstić information content (AvgIpc) is 2.80. The molecule has 0 aliphatic carbocycles. The highest BCUT2D eigenvalue weighted by molar-refractivity contribution is 6.30. The number of carbonyl (C=O) groups excluding carboxylic acids is 1. The second-order valence-corrected chi connectivity index (χ2v) is 9.52. The van der Waals surface area contributed by atoms with Gasteiger partial charge >= 0.3 is 0 Å². The lowest BCUT2D eigenvalue weighted by Gasteiger charge is -2.35. The molecular formula is C27H27Cl2NO2. The molecule has 0 aromatic heterocycles. The average molecular weight is 468 g/mol. The van der Waals surface area contributed by atoms with Crippen molar-refractivity contribution < 1.29 is 9.53 Å². The Labute approximate surface area is 199 Å². The first-order chi connectivity index (χ1) is 15.4. The summed E-state index contributed by atoms with van der Waals surface area (Å²) >= 11 is 12.2. The van der Waals surface area contributed by atoms with Crippen LogP contribution in [0.1, 0.15) is 48.8 Å².